The van der Waals surface area contributed by atoms with E-state index in [2.05, 4.69) is 20.9 Å². The Hall–Kier alpha value is -1.92. The minimum absolute atomic E-state index is 0.168. The Morgan fingerprint density at radius 2 is 2.15 bits per heavy atom. The molecule has 1 unspecified atom stereocenters. The molecule has 0 aliphatic heterocycles. The molecule has 1 heterocycles. The Morgan fingerprint density at radius 1 is 1.35 bits per heavy atom. The first-order valence-corrected chi connectivity index (χ1v) is 7.24. The molecule has 3 N–H and O–H groups in total. The molecule has 2 aromatic rings. The van der Waals surface area contributed by atoms with Gasteiger partial charge in [-0.3, -0.25) is 5.32 Å². The fourth-order valence-electron chi connectivity index (χ4n) is 1.67. The second-order valence-electron chi connectivity index (χ2n) is 4.54. The van der Waals surface area contributed by atoms with Gasteiger partial charge in [0.1, 0.15) is 0 Å². The van der Waals surface area contributed by atoms with E-state index in [4.69, 9.17) is 0 Å². The number of aromatic nitrogens is 1. The van der Waals surface area contributed by atoms with Crippen molar-refractivity contribution in [2.24, 2.45) is 0 Å². The second-order valence-corrected chi connectivity index (χ2v) is 5.39. The highest BCUT2D eigenvalue weighted by Crippen LogP contribution is 2.20. The molecule has 0 spiro atoms. The van der Waals surface area contributed by atoms with Crippen LogP contribution in [-0.2, 0) is 0 Å². The number of nitrogens with zero attached hydrogens (tertiary/aromatic N) is 1. The van der Waals surface area contributed by atoms with E-state index in [1.165, 1.54) is 11.3 Å². The van der Waals surface area contributed by atoms with Crippen LogP contribution < -0.4 is 16.0 Å². The first-order chi connectivity index (χ1) is 9.58. The predicted octanol–water partition coefficient (Wildman–Crippen LogP) is 3.38. The zero-order valence-electron chi connectivity index (χ0n) is 11.7. The van der Waals surface area contributed by atoms with Gasteiger partial charge in [-0.2, -0.15) is 0 Å². The number of carbonyl (C=O) groups is 1. The summed E-state index contributed by atoms with van der Waals surface area (Å²) in [5.74, 6) is 0. The van der Waals surface area contributed by atoms with Crippen molar-refractivity contribution in [3.63, 3.8) is 0 Å². The third kappa shape index (κ3) is 3.79. The molecule has 1 aromatic carbocycles. The van der Waals surface area contributed by atoms with Gasteiger partial charge in [0.25, 0.3) is 0 Å². The van der Waals surface area contributed by atoms with Gasteiger partial charge in [0.15, 0.2) is 5.13 Å². The number of amides is 2. The summed E-state index contributed by atoms with van der Waals surface area (Å²) in [4.78, 5) is 16.2. The maximum atomic E-state index is 11.9. The summed E-state index contributed by atoms with van der Waals surface area (Å²) in [6, 6.07) is 7.53. The molecule has 1 atom stereocenters. The average Bonchev–Trinajstić information content (AvgIpc) is 2.86. The summed E-state index contributed by atoms with van der Waals surface area (Å²) < 4.78 is 0. The van der Waals surface area contributed by atoms with Crippen LogP contribution in [0, 0.1) is 6.92 Å². The SMILES string of the molecule is CNC(C)c1csc(NC(=O)Nc2cccc(C)c2)n1. The van der Waals surface area contributed by atoms with Crippen LogP contribution in [-0.4, -0.2) is 18.1 Å². The molecule has 1 aromatic heterocycles. The molecular weight excluding hydrogens is 272 g/mol. The highest BCUT2D eigenvalue weighted by atomic mass is 32.1. The summed E-state index contributed by atoms with van der Waals surface area (Å²) in [6.45, 7) is 4.00. The average molecular weight is 290 g/mol. The van der Waals surface area contributed by atoms with Crippen molar-refractivity contribution >= 4 is 28.2 Å². The minimum atomic E-state index is -0.284. The maximum absolute atomic E-state index is 11.9. The number of benzene rings is 1. The number of hydrogen-bond acceptors (Lipinski definition) is 4. The van der Waals surface area contributed by atoms with Crippen molar-refractivity contribution in [3.8, 4) is 0 Å². The van der Waals surface area contributed by atoms with Crippen LogP contribution in [0.1, 0.15) is 24.2 Å². The van der Waals surface area contributed by atoms with Gasteiger partial charge in [-0.05, 0) is 38.6 Å². The van der Waals surface area contributed by atoms with Gasteiger partial charge in [0, 0.05) is 17.1 Å². The van der Waals surface area contributed by atoms with Crippen LogP contribution in [0.2, 0.25) is 0 Å². The molecule has 0 bridgehead atoms. The molecule has 0 saturated heterocycles. The maximum Gasteiger partial charge on any atom is 0.325 e. The van der Waals surface area contributed by atoms with Gasteiger partial charge in [-0.15, -0.1) is 11.3 Å². The summed E-state index contributed by atoms with van der Waals surface area (Å²) in [6.07, 6.45) is 0. The quantitative estimate of drug-likeness (QED) is 0.808. The third-order valence-corrected chi connectivity index (χ3v) is 3.67. The molecule has 6 heteroatoms. The Morgan fingerprint density at radius 3 is 2.85 bits per heavy atom. The third-order valence-electron chi connectivity index (χ3n) is 2.90. The molecule has 0 aliphatic rings. The molecule has 5 nitrogen and oxygen atoms in total. The van der Waals surface area contributed by atoms with Gasteiger partial charge in [-0.1, -0.05) is 12.1 Å². The van der Waals surface area contributed by atoms with Crippen LogP contribution >= 0.6 is 11.3 Å². The predicted molar refractivity (Wildman–Crippen MR) is 83.4 cm³/mol. The van der Waals surface area contributed by atoms with Gasteiger partial charge in [0.05, 0.1) is 5.69 Å². The summed E-state index contributed by atoms with van der Waals surface area (Å²) in [5, 5.41) is 11.2. The lowest BCUT2D eigenvalue weighted by Gasteiger charge is -2.07. The van der Waals surface area contributed by atoms with E-state index in [-0.39, 0.29) is 12.1 Å². The van der Waals surface area contributed by atoms with E-state index in [9.17, 15) is 4.79 Å². The van der Waals surface area contributed by atoms with Crippen LogP contribution in [0.25, 0.3) is 0 Å². The van der Waals surface area contributed by atoms with Crippen molar-refractivity contribution in [2.45, 2.75) is 19.9 Å². The second kappa shape index (κ2) is 6.49. The first kappa shape index (κ1) is 14.5. The standard InChI is InChI=1S/C14H18N4OS/c1-9-5-4-6-11(7-9)16-13(19)18-14-17-12(8-20-14)10(2)15-3/h4-8,10,15H,1-3H3,(H2,16,17,18,19). The molecule has 106 valence electrons. The van der Waals surface area contributed by atoms with Crippen molar-refractivity contribution in [3.05, 3.63) is 40.9 Å². The fourth-order valence-corrected chi connectivity index (χ4v) is 2.47. The highest BCUT2D eigenvalue weighted by molar-refractivity contribution is 7.13. The summed E-state index contributed by atoms with van der Waals surface area (Å²) >= 11 is 1.41. The molecular formula is C14H18N4OS. The minimum Gasteiger partial charge on any atom is -0.312 e. The van der Waals surface area contributed by atoms with Crippen LogP contribution in [0.4, 0.5) is 15.6 Å². The van der Waals surface area contributed by atoms with Crippen molar-refractivity contribution in [1.82, 2.24) is 10.3 Å². The van der Waals surface area contributed by atoms with Crippen LogP contribution in [0.3, 0.4) is 0 Å². The number of nitrogens with one attached hydrogen (secondary N) is 3. The van der Waals surface area contributed by atoms with Gasteiger partial charge >= 0.3 is 6.03 Å². The van der Waals surface area contributed by atoms with Gasteiger partial charge < -0.3 is 10.6 Å². The molecule has 0 aliphatic carbocycles. The van der Waals surface area contributed by atoms with Crippen LogP contribution in [0.15, 0.2) is 29.6 Å². The topological polar surface area (TPSA) is 66.0 Å². The lowest BCUT2D eigenvalue weighted by atomic mass is 10.2. The van der Waals surface area contributed by atoms with Crippen molar-refractivity contribution in [1.29, 1.82) is 0 Å². The number of aryl methyl sites for hydroxylation is 1. The molecule has 20 heavy (non-hydrogen) atoms. The summed E-state index contributed by atoms with van der Waals surface area (Å²) in [5.41, 5.74) is 2.79. The molecule has 2 rings (SSSR count). The van der Waals surface area contributed by atoms with E-state index >= 15 is 0 Å². The number of rotatable bonds is 4. The number of anilines is 2. The zero-order chi connectivity index (χ0) is 14.5. The van der Waals surface area contributed by atoms with E-state index in [1.807, 2.05) is 50.5 Å². The molecule has 0 radical (unpaired) electrons. The van der Waals surface area contributed by atoms with Crippen molar-refractivity contribution < 1.29 is 4.79 Å². The van der Waals surface area contributed by atoms with Gasteiger partial charge in [0.2, 0.25) is 0 Å². The van der Waals surface area contributed by atoms with Crippen LogP contribution in [0.5, 0.6) is 0 Å². The fraction of sp³-hybridized carbons (Fsp3) is 0.286. The first-order valence-electron chi connectivity index (χ1n) is 6.36. The number of urea groups is 1. The smallest absolute Gasteiger partial charge is 0.312 e. The van der Waals surface area contributed by atoms with Crippen molar-refractivity contribution in [2.75, 3.05) is 17.7 Å². The van der Waals surface area contributed by atoms with E-state index in [0.717, 1.165) is 16.9 Å². The van der Waals surface area contributed by atoms with Gasteiger partial charge in [-0.25, -0.2) is 9.78 Å². The number of thiazole rings is 1. The Kier molecular flexibility index (Phi) is 4.70. The largest absolute Gasteiger partial charge is 0.325 e. The molecule has 0 fully saturated rings. The Bertz CT molecular complexity index is 596. The lowest BCUT2D eigenvalue weighted by molar-refractivity contribution is 0.262. The zero-order valence-corrected chi connectivity index (χ0v) is 12.5. The van der Waals surface area contributed by atoms with E-state index < -0.39 is 0 Å². The number of carbonyl (C=O) groups excluding carboxylic acids is 1. The normalized spacial score (nSPS) is 11.9. The lowest BCUT2D eigenvalue weighted by Crippen LogP contribution is -2.19. The van der Waals surface area contributed by atoms with E-state index in [1.54, 1.807) is 0 Å². The monoisotopic (exact) mass is 290 g/mol. The van der Waals surface area contributed by atoms with E-state index in [0.29, 0.717) is 5.13 Å². The summed E-state index contributed by atoms with van der Waals surface area (Å²) in [7, 11) is 1.88. The Balaban J connectivity index is 1.96. The Labute approximate surface area is 122 Å². The highest BCUT2D eigenvalue weighted by Gasteiger charge is 2.10. The molecule has 0 saturated carbocycles. The number of hydrogen-bond donors (Lipinski definition) is 3. The molecule has 2 amide bonds.